The zero-order chi connectivity index (χ0) is 13.0. The lowest BCUT2D eigenvalue weighted by Crippen LogP contribution is -2.22. The Morgan fingerprint density at radius 1 is 1.33 bits per heavy atom. The van der Waals surface area contributed by atoms with Gasteiger partial charge >= 0.3 is 0 Å². The molecule has 0 aliphatic heterocycles. The number of nitrogens with two attached hydrogens (primary N) is 1. The molecule has 0 saturated heterocycles. The van der Waals surface area contributed by atoms with Crippen LogP contribution in [0.25, 0.3) is 0 Å². The van der Waals surface area contributed by atoms with Crippen LogP contribution in [0.2, 0.25) is 0 Å². The van der Waals surface area contributed by atoms with Crippen LogP contribution in [-0.2, 0) is 13.1 Å². The summed E-state index contributed by atoms with van der Waals surface area (Å²) in [7, 11) is 0. The second kappa shape index (κ2) is 5.59. The van der Waals surface area contributed by atoms with Gasteiger partial charge in [-0.2, -0.15) is 4.98 Å². The number of halogens is 1. The maximum Gasteiger partial charge on any atom is 0.240 e. The summed E-state index contributed by atoms with van der Waals surface area (Å²) in [6, 6.07) is 6.31. The van der Waals surface area contributed by atoms with E-state index in [9.17, 15) is 4.39 Å². The highest BCUT2D eigenvalue weighted by atomic mass is 19.1. The van der Waals surface area contributed by atoms with Crippen LogP contribution < -0.4 is 10.6 Å². The van der Waals surface area contributed by atoms with Crippen molar-refractivity contribution in [3.8, 4) is 0 Å². The first-order valence-corrected chi connectivity index (χ1v) is 5.75. The van der Waals surface area contributed by atoms with E-state index in [1.54, 1.807) is 12.1 Å². The second-order valence-electron chi connectivity index (χ2n) is 3.80. The maximum absolute atomic E-state index is 12.9. The number of hydrogen-bond donors (Lipinski definition) is 1. The molecule has 0 amide bonds. The van der Waals surface area contributed by atoms with Crippen LogP contribution in [0.1, 0.15) is 18.6 Å². The fourth-order valence-electron chi connectivity index (χ4n) is 1.65. The highest BCUT2D eigenvalue weighted by molar-refractivity contribution is 5.46. The van der Waals surface area contributed by atoms with Crippen molar-refractivity contribution in [2.24, 2.45) is 5.73 Å². The van der Waals surface area contributed by atoms with E-state index in [4.69, 9.17) is 10.3 Å². The van der Waals surface area contributed by atoms with Gasteiger partial charge in [0.1, 0.15) is 5.82 Å². The molecule has 0 aliphatic carbocycles. The molecule has 96 valence electrons. The Kier molecular flexibility index (Phi) is 3.88. The highest BCUT2D eigenvalue weighted by Gasteiger charge is 2.10. The Hall–Kier alpha value is -1.95. The molecule has 1 aromatic carbocycles. The Bertz CT molecular complexity index is 497. The molecule has 5 nitrogen and oxygen atoms in total. The third kappa shape index (κ3) is 2.84. The van der Waals surface area contributed by atoms with Gasteiger partial charge in [-0.3, -0.25) is 0 Å². The van der Waals surface area contributed by atoms with Crippen LogP contribution in [0.15, 0.2) is 28.8 Å². The van der Waals surface area contributed by atoms with E-state index in [0.29, 0.717) is 18.3 Å². The summed E-state index contributed by atoms with van der Waals surface area (Å²) < 4.78 is 17.8. The van der Waals surface area contributed by atoms with Gasteiger partial charge in [0, 0.05) is 12.2 Å². The Morgan fingerprint density at radius 2 is 2.06 bits per heavy atom. The van der Waals surface area contributed by atoms with Crippen molar-refractivity contribution in [1.29, 1.82) is 0 Å². The number of rotatable bonds is 5. The summed E-state index contributed by atoms with van der Waals surface area (Å²) >= 11 is 0. The highest BCUT2D eigenvalue weighted by Crippen LogP contribution is 2.16. The van der Waals surface area contributed by atoms with E-state index in [1.165, 1.54) is 12.1 Å². The summed E-state index contributed by atoms with van der Waals surface area (Å²) in [5.41, 5.74) is 6.32. The van der Waals surface area contributed by atoms with Crippen LogP contribution in [0.3, 0.4) is 0 Å². The maximum atomic E-state index is 12.9. The monoisotopic (exact) mass is 250 g/mol. The van der Waals surface area contributed by atoms with Crippen molar-refractivity contribution in [2.75, 3.05) is 11.4 Å². The quantitative estimate of drug-likeness (QED) is 0.874. The summed E-state index contributed by atoms with van der Waals surface area (Å²) in [5, 5.41) is 3.84. The van der Waals surface area contributed by atoms with E-state index >= 15 is 0 Å². The fraction of sp³-hybridized carbons (Fsp3) is 0.333. The molecular formula is C12H15FN4O. The molecule has 0 saturated carbocycles. The standard InChI is InChI=1S/C12H15FN4O/c1-2-17(10-5-3-9(13)4-6-10)8-11-15-12(7-14)18-16-11/h3-6H,2,7-8,14H2,1H3. The summed E-state index contributed by atoms with van der Waals surface area (Å²) in [6.45, 7) is 3.51. The number of benzene rings is 1. The molecular weight excluding hydrogens is 235 g/mol. The fourth-order valence-corrected chi connectivity index (χ4v) is 1.65. The van der Waals surface area contributed by atoms with Crippen molar-refractivity contribution in [3.63, 3.8) is 0 Å². The van der Waals surface area contributed by atoms with Crippen LogP contribution in [0.5, 0.6) is 0 Å². The van der Waals surface area contributed by atoms with Crippen LogP contribution in [0, 0.1) is 5.82 Å². The normalized spacial score (nSPS) is 10.6. The first kappa shape index (κ1) is 12.5. The van der Waals surface area contributed by atoms with Gasteiger partial charge in [-0.05, 0) is 31.2 Å². The zero-order valence-electron chi connectivity index (χ0n) is 10.1. The lowest BCUT2D eigenvalue weighted by molar-refractivity contribution is 0.374. The lowest BCUT2D eigenvalue weighted by Gasteiger charge is -2.21. The van der Waals surface area contributed by atoms with Crippen LogP contribution in [0.4, 0.5) is 10.1 Å². The molecule has 2 N–H and O–H groups in total. The molecule has 0 atom stereocenters. The van der Waals surface area contributed by atoms with E-state index in [2.05, 4.69) is 10.1 Å². The summed E-state index contributed by atoms with van der Waals surface area (Å²) in [6.07, 6.45) is 0. The average Bonchev–Trinajstić information content (AvgIpc) is 2.85. The van der Waals surface area contributed by atoms with Gasteiger partial charge in [0.2, 0.25) is 5.89 Å². The number of hydrogen-bond acceptors (Lipinski definition) is 5. The minimum absolute atomic E-state index is 0.232. The Labute approximate surface area is 104 Å². The SMILES string of the molecule is CCN(Cc1noc(CN)n1)c1ccc(F)cc1. The minimum Gasteiger partial charge on any atom is -0.364 e. The first-order valence-electron chi connectivity index (χ1n) is 5.75. The molecule has 18 heavy (non-hydrogen) atoms. The molecule has 0 bridgehead atoms. The zero-order valence-corrected chi connectivity index (χ0v) is 10.1. The smallest absolute Gasteiger partial charge is 0.240 e. The van der Waals surface area contributed by atoms with E-state index in [0.717, 1.165) is 12.2 Å². The van der Waals surface area contributed by atoms with Gasteiger partial charge in [0.05, 0.1) is 13.1 Å². The third-order valence-corrected chi connectivity index (χ3v) is 2.59. The Morgan fingerprint density at radius 3 is 2.61 bits per heavy atom. The van der Waals surface area contributed by atoms with Crippen LogP contribution in [-0.4, -0.2) is 16.7 Å². The van der Waals surface area contributed by atoms with Gasteiger partial charge in [-0.1, -0.05) is 5.16 Å². The molecule has 0 radical (unpaired) electrons. The summed E-state index contributed by atoms with van der Waals surface area (Å²) in [5.74, 6) is 0.738. The first-order chi connectivity index (χ1) is 8.72. The van der Waals surface area contributed by atoms with Gasteiger partial charge in [0.25, 0.3) is 0 Å². The average molecular weight is 250 g/mol. The predicted molar refractivity (Wildman–Crippen MR) is 65.3 cm³/mol. The van der Waals surface area contributed by atoms with E-state index in [1.807, 2.05) is 11.8 Å². The van der Waals surface area contributed by atoms with Gasteiger partial charge in [-0.15, -0.1) is 0 Å². The minimum atomic E-state index is -0.250. The molecule has 1 aromatic heterocycles. The number of nitrogens with zero attached hydrogens (tertiary/aromatic N) is 3. The molecule has 2 rings (SSSR count). The largest absolute Gasteiger partial charge is 0.364 e. The van der Waals surface area contributed by atoms with Gasteiger partial charge in [0.15, 0.2) is 5.82 Å². The second-order valence-corrected chi connectivity index (χ2v) is 3.80. The Balaban J connectivity index is 2.11. The van der Waals surface area contributed by atoms with Crippen molar-refractivity contribution in [3.05, 3.63) is 41.8 Å². The van der Waals surface area contributed by atoms with E-state index < -0.39 is 0 Å². The molecule has 1 heterocycles. The number of aromatic nitrogens is 2. The molecule has 0 unspecified atom stereocenters. The van der Waals surface area contributed by atoms with Crippen molar-refractivity contribution >= 4 is 5.69 Å². The topological polar surface area (TPSA) is 68.2 Å². The van der Waals surface area contributed by atoms with Crippen molar-refractivity contribution in [2.45, 2.75) is 20.0 Å². The summed E-state index contributed by atoms with van der Waals surface area (Å²) in [4.78, 5) is 6.16. The van der Waals surface area contributed by atoms with E-state index in [-0.39, 0.29) is 12.4 Å². The predicted octanol–water partition coefficient (Wildman–Crippen LogP) is 1.69. The lowest BCUT2D eigenvalue weighted by atomic mass is 10.2. The van der Waals surface area contributed by atoms with Crippen molar-refractivity contribution < 1.29 is 8.91 Å². The third-order valence-electron chi connectivity index (χ3n) is 2.59. The molecule has 2 aromatic rings. The molecule has 0 spiro atoms. The van der Waals surface area contributed by atoms with Gasteiger partial charge in [-0.25, -0.2) is 4.39 Å². The molecule has 6 heteroatoms. The van der Waals surface area contributed by atoms with Gasteiger partial charge < -0.3 is 15.2 Å². The van der Waals surface area contributed by atoms with Crippen molar-refractivity contribution in [1.82, 2.24) is 10.1 Å². The molecule has 0 fully saturated rings. The number of anilines is 1. The molecule has 0 aliphatic rings. The van der Waals surface area contributed by atoms with Crippen LogP contribution >= 0.6 is 0 Å².